The molecule has 36 heavy (non-hydrogen) atoms. The van der Waals surface area contributed by atoms with Crippen LogP contribution in [-0.4, -0.2) is 24.5 Å². The Morgan fingerprint density at radius 3 is 2.11 bits per heavy atom. The lowest BCUT2D eigenvalue weighted by Crippen LogP contribution is -2.37. The molecule has 6 nitrogen and oxygen atoms in total. The Hall–Kier alpha value is -3.64. The quantitative estimate of drug-likeness (QED) is 0.413. The summed E-state index contributed by atoms with van der Waals surface area (Å²) in [5.74, 6) is -0.546. The van der Waals surface area contributed by atoms with Crippen molar-refractivity contribution in [3.05, 3.63) is 90.0 Å². The zero-order chi connectivity index (χ0) is 25.4. The van der Waals surface area contributed by atoms with Gasteiger partial charge in [0.05, 0.1) is 24.0 Å². The van der Waals surface area contributed by atoms with Gasteiger partial charge >= 0.3 is 0 Å². The molecule has 0 saturated carbocycles. The fourth-order valence-corrected chi connectivity index (χ4v) is 4.90. The normalized spacial score (nSPS) is 21.7. The molecule has 0 spiro atoms. The van der Waals surface area contributed by atoms with Crippen molar-refractivity contribution in [3.63, 3.8) is 0 Å². The van der Waals surface area contributed by atoms with E-state index in [9.17, 15) is 9.59 Å². The first-order valence-electron chi connectivity index (χ1n) is 12.5. The molecule has 5 rings (SSSR count). The Labute approximate surface area is 212 Å². The lowest BCUT2D eigenvalue weighted by molar-refractivity contribution is -0.126. The summed E-state index contributed by atoms with van der Waals surface area (Å²) in [7, 11) is 0. The van der Waals surface area contributed by atoms with Crippen molar-refractivity contribution < 1.29 is 19.2 Å². The van der Waals surface area contributed by atoms with Crippen LogP contribution < -0.4 is 14.7 Å². The van der Waals surface area contributed by atoms with E-state index >= 15 is 0 Å². The van der Waals surface area contributed by atoms with Gasteiger partial charge < -0.3 is 4.74 Å². The molecule has 0 bridgehead atoms. The molecule has 6 heteroatoms. The third-order valence-corrected chi connectivity index (χ3v) is 6.81. The van der Waals surface area contributed by atoms with Crippen LogP contribution in [0.1, 0.15) is 51.3 Å². The molecule has 2 aliphatic heterocycles. The summed E-state index contributed by atoms with van der Waals surface area (Å²) >= 11 is 0. The molecule has 3 aromatic rings. The molecule has 0 aromatic heterocycles. The highest BCUT2D eigenvalue weighted by molar-refractivity contribution is 6.23. The second-order valence-corrected chi connectivity index (χ2v) is 10.4. The van der Waals surface area contributed by atoms with Crippen molar-refractivity contribution in [1.82, 2.24) is 0 Å². The number of rotatable bonds is 6. The van der Waals surface area contributed by atoms with Gasteiger partial charge in [0.2, 0.25) is 5.91 Å². The van der Waals surface area contributed by atoms with Crippen LogP contribution in [0.3, 0.4) is 0 Å². The number of hydrogen-bond donors (Lipinski definition) is 0. The first kappa shape index (κ1) is 24.1. The van der Waals surface area contributed by atoms with E-state index in [-0.39, 0.29) is 17.2 Å². The van der Waals surface area contributed by atoms with Gasteiger partial charge in [0.1, 0.15) is 11.7 Å². The summed E-state index contributed by atoms with van der Waals surface area (Å²) in [5.41, 5.74) is 3.48. The number of hydrogen-bond acceptors (Lipinski definition) is 5. The molecule has 2 saturated heterocycles. The Morgan fingerprint density at radius 2 is 1.50 bits per heavy atom. The van der Waals surface area contributed by atoms with Gasteiger partial charge in [-0.25, -0.2) is 9.96 Å². The third kappa shape index (κ3) is 4.26. The highest BCUT2D eigenvalue weighted by Gasteiger charge is 2.60. The van der Waals surface area contributed by atoms with Crippen molar-refractivity contribution in [2.75, 3.05) is 16.6 Å². The van der Waals surface area contributed by atoms with Gasteiger partial charge in [-0.05, 0) is 59.4 Å². The molecule has 2 aliphatic rings. The number of carbonyl (C=O) groups excluding carboxylic acids is 2. The van der Waals surface area contributed by atoms with Gasteiger partial charge in [-0.3, -0.25) is 14.4 Å². The van der Waals surface area contributed by atoms with Crippen molar-refractivity contribution in [1.29, 1.82) is 0 Å². The maximum Gasteiger partial charge on any atom is 0.266 e. The van der Waals surface area contributed by atoms with Gasteiger partial charge in [0.25, 0.3) is 5.91 Å². The van der Waals surface area contributed by atoms with E-state index in [2.05, 4.69) is 32.9 Å². The van der Waals surface area contributed by atoms with Crippen molar-refractivity contribution >= 4 is 23.2 Å². The van der Waals surface area contributed by atoms with E-state index in [0.717, 1.165) is 17.7 Å². The summed E-state index contributed by atoms with van der Waals surface area (Å²) in [6, 6.07) is 24.6. The molecule has 0 radical (unpaired) electrons. The van der Waals surface area contributed by atoms with Crippen LogP contribution in [0.15, 0.2) is 78.9 Å². The Kier molecular flexibility index (Phi) is 6.31. The van der Waals surface area contributed by atoms with E-state index in [4.69, 9.17) is 9.57 Å². The molecule has 3 atom stereocenters. The molecule has 186 valence electrons. The minimum absolute atomic E-state index is 0.00923. The molecular formula is C30H32N2O4. The average molecular weight is 485 g/mol. The topological polar surface area (TPSA) is 59.1 Å². The second kappa shape index (κ2) is 9.43. The lowest BCUT2D eigenvalue weighted by Gasteiger charge is -2.29. The summed E-state index contributed by atoms with van der Waals surface area (Å²) in [6.45, 7) is 9.16. The molecule has 2 heterocycles. The fourth-order valence-electron chi connectivity index (χ4n) is 4.90. The number of hydroxylamine groups is 1. The Morgan fingerprint density at radius 1 is 0.833 bits per heavy atom. The maximum atomic E-state index is 13.8. The molecule has 0 unspecified atom stereocenters. The van der Waals surface area contributed by atoms with Crippen LogP contribution in [0, 0.1) is 5.92 Å². The zero-order valence-electron chi connectivity index (χ0n) is 21.2. The predicted molar refractivity (Wildman–Crippen MR) is 140 cm³/mol. The third-order valence-electron chi connectivity index (χ3n) is 6.81. The van der Waals surface area contributed by atoms with E-state index < -0.39 is 18.1 Å². The predicted octanol–water partition coefficient (Wildman–Crippen LogP) is 5.82. The van der Waals surface area contributed by atoms with Gasteiger partial charge in [0, 0.05) is 0 Å². The molecule has 0 N–H and O–H groups in total. The molecule has 3 aromatic carbocycles. The average Bonchev–Trinajstić information content (AvgIpc) is 3.39. The van der Waals surface area contributed by atoms with Gasteiger partial charge in [-0.2, -0.15) is 0 Å². The van der Waals surface area contributed by atoms with Crippen molar-refractivity contribution in [2.24, 2.45) is 5.92 Å². The Bertz CT molecular complexity index is 1230. The number of amides is 2. The molecule has 2 amide bonds. The first-order chi connectivity index (χ1) is 17.3. The monoisotopic (exact) mass is 484 g/mol. The van der Waals surface area contributed by atoms with E-state index in [0.29, 0.717) is 18.0 Å². The number of nitrogens with zero attached hydrogens (tertiary/aromatic N) is 2. The summed E-state index contributed by atoms with van der Waals surface area (Å²) < 4.78 is 5.65. The number of fused-ring (bicyclic) bond motifs is 1. The largest absolute Gasteiger partial charge is 0.494 e. The Balaban J connectivity index is 1.50. The number of para-hydroxylation sites is 1. The van der Waals surface area contributed by atoms with E-state index in [1.807, 2.05) is 49.4 Å². The molecule has 0 aliphatic carbocycles. The van der Waals surface area contributed by atoms with Gasteiger partial charge in [-0.15, -0.1) is 0 Å². The van der Waals surface area contributed by atoms with Crippen LogP contribution in [0.2, 0.25) is 0 Å². The summed E-state index contributed by atoms with van der Waals surface area (Å²) in [5, 5.41) is 1.73. The minimum atomic E-state index is -0.888. The van der Waals surface area contributed by atoms with Gasteiger partial charge in [0.15, 0.2) is 6.10 Å². The number of benzene rings is 3. The van der Waals surface area contributed by atoms with E-state index in [1.54, 1.807) is 29.3 Å². The highest BCUT2D eigenvalue weighted by Crippen LogP contribution is 2.47. The number of carbonyl (C=O) groups is 2. The smallest absolute Gasteiger partial charge is 0.266 e. The standard InChI is InChI=1S/C30H32N2O4/c1-5-19-35-24-17-15-22(16-18-24)31-28(33)25-26(20-11-13-21(14-12-20)30(2,3)4)32(36-27(25)29(31)34)23-9-7-6-8-10-23/h6-18,25-27H,5,19H2,1-4H3/t25-,26+,27-/m0/s1. The van der Waals surface area contributed by atoms with Crippen LogP contribution in [0.4, 0.5) is 11.4 Å². The zero-order valence-corrected chi connectivity index (χ0v) is 21.2. The minimum Gasteiger partial charge on any atom is -0.494 e. The number of ether oxygens (including phenoxy) is 1. The van der Waals surface area contributed by atoms with Crippen molar-refractivity contribution in [2.45, 2.75) is 51.7 Å². The fraction of sp³-hybridized carbons (Fsp3) is 0.333. The summed E-state index contributed by atoms with van der Waals surface area (Å²) in [6.07, 6.45) is 0.0164. The molecular weight excluding hydrogens is 452 g/mol. The summed E-state index contributed by atoms with van der Waals surface area (Å²) in [4.78, 5) is 34.8. The maximum absolute atomic E-state index is 13.8. The number of imide groups is 1. The van der Waals surface area contributed by atoms with Crippen LogP contribution in [0.5, 0.6) is 5.75 Å². The highest BCUT2D eigenvalue weighted by atomic mass is 16.7. The second-order valence-electron chi connectivity index (χ2n) is 10.4. The first-order valence-corrected chi connectivity index (χ1v) is 12.5. The van der Waals surface area contributed by atoms with Crippen molar-refractivity contribution in [3.8, 4) is 5.75 Å². The molecule has 2 fully saturated rings. The number of anilines is 2. The van der Waals surface area contributed by atoms with E-state index in [1.165, 1.54) is 10.5 Å². The lowest BCUT2D eigenvalue weighted by atomic mass is 9.84. The SMILES string of the molecule is CCCOc1ccc(N2C(=O)[C@@H]3[C@H](ON(c4ccccc4)[C@@H]3c3ccc(C(C)(C)C)cc3)C2=O)cc1. The van der Waals surface area contributed by atoms with Gasteiger partial charge in [-0.1, -0.05) is 70.2 Å². The van der Waals surface area contributed by atoms with Crippen LogP contribution in [-0.2, 0) is 19.8 Å². The van der Waals surface area contributed by atoms with Crippen LogP contribution in [0.25, 0.3) is 0 Å². The van der Waals surface area contributed by atoms with Crippen LogP contribution >= 0.6 is 0 Å².